The van der Waals surface area contributed by atoms with Crippen molar-refractivity contribution in [3.8, 4) is 11.5 Å². The van der Waals surface area contributed by atoms with E-state index in [1.54, 1.807) is 0 Å². The van der Waals surface area contributed by atoms with Gasteiger partial charge in [0.1, 0.15) is 18.1 Å². The second-order valence-electron chi connectivity index (χ2n) is 8.31. The van der Waals surface area contributed by atoms with Crippen LogP contribution in [0.25, 0.3) is 0 Å². The maximum atomic E-state index is 6.02. The number of hydrogen-bond acceptors (Lipinski definition) is 4. The zero-order valence-corrected chi connectivity index (χ0v) is 20.8. The third-order valence-electron chi connectivity index (χ3n) is 5.68. The van der Waals surface area contributed by atoms with Gasteiger partial charge >= 0.3 is 0 Å². The van der Waals surface area contributed by atoms with Crippen molar-refractivity contribution in [3.05, 3.63) is 72.0 Å². The minimum Gasteiger partial charge on any atom is -0.494 e. The van der Waals surface area contributed by atoms with Crippen molar-refractivity contribution in [2.24, 2.45) is 10.9 Å². The molecule has 0 amide bonds. The van der Waals surface area contributed by atoms with Gasteiger partial charge in [0.25, 0.3) is 0 Å². The Morgan fingerprint density at radius 1 is 1.09 bits per heavy atom. The summed E-state index contributed by atoms with van der Waals surface area (Å²) >= 11 is 0. The highest BCUT2D eigenvalue weighted by Gasteiger charge is 2.06. The first-order valence-electron chi connectivity index (χ1n) is 12.1. The number of aliphatic imine (C=N–C) groups is 1. The van der Waals surface area contributed by atoms with E-state index in [0.717, 1.165) is 53.1 Å². The number of rotatable bonds is 15. The van der Waals surface area contributed by atoms with Crippen LogP contribution in [0.3, 0.4) is 0 Å². The van der Waals surface area contributed by atoms with Gasteiger partial charge in [-0.2, -0.15) is 0 Å². The van der Waals surface area contributed by atoms with Gasteiger partial charge in [-0.1, -0.05) is 51.3 Å². The topological polar surface area (TPSA) is 42.8 Å². The maximum absolute atomic E-state index is 6.02. The normalized spacial score (nSPS) is 12.5. The van der Waals surface area contributed by atoms with Crippen LogP contribution in [0.2, 0.25) is 0 Å². The first-order chi connectivity index (χ1) is 16.1. The number of nitrogens with one attached hydrogen (secondary N) is 1. The van der Waals surface area contributed by atoms with Gasteiger partial charge in [-0.05, 0) is 81.3 Å². The summed E-state index contributed by atoms with van der Waals surface area (Å²) in [7, 11) is 0. The maximum Gasteiger partial charge on any atom is 0.130 e. The second kappa shape index (κ2) is 14.9. The summed E-state index contributed by atoms with van der Waals surface area (Å²) in [6.07, 6.45) is 12.0. The van der Waals surface area contributed by atoms with Crippen LogP contribution < -0.4 is 14.8 Å². The second-order valence-corrected chi connectivity index (χ2v) is 8.31. The molecule has 2 aromatic carbocycles. The molecule has 178 valence electrons. The molecule has 0 aliphatic rings. The summed E-state index contributed by atoms with van der Waals surface area (Å²) in [4.78, 5) is 4.00. The molecule has 0 aromatic heterocycles. The van der Waals surface area contributed by atoms with Crippen LogP contribution in [0, 0.1) is 12.8 Å². The van der Waals surface area contributed by atoms with Gasteiger partial charge in [-0.25, -0.2) is 0 Å². The van der Waals surface area contributed by atoms with Gasteiger partial charge in [0.2, 0.25) is 0 Å². The number of anilines is 2. The lowest BCUT2D eigenvalue weighted by Crippen LogP contribution is -2.04. The van der Waals surface area contributed by atoms with Crippen LogP contribution in [-0.2, 0) is 0 Å². The van der Waals surface area contributed by atoms with E-state index in [4.69, 9.17) is 9.47 Å². The highest BCUT2D eigenvalue weighted by atomic mass is 16.5. The predicted octanol–water partition coefficient (Wildman–Crippen LogP) is 8.26. The van der Waals surface area contributed by atoms with Gasteiger partial charge < -0.3 is 14.8 Å². The fourth-order valence-electron chi connectivity index (χ4n) is 3.72. The number of allylic oxidation sites excluding steroid dienone is 3. The molecular weight excluding hydrogens is 408 g/mol. The van der Waals surface area contributed by atoms with Gasteiger partial charge in [-0.3, -0.25) is 4.99 Å². The Kier molecular flexibility index (Phi) is 11.9. The first-order valence-corrected chi connectivity index (χ1v) is 12.1. The van der Waals surface area contributed by atoms with Gasteiger partial charge in [0.05, 0.1) is 12.3 Å². The molecule has 0 aliphatic carbocycles. The Bertz CT molecular complexity index is 918. The Labute approximate surface area is 200 Å². The lowest BCUT2D eigenvalue weighted by Gasteiger charge is -2.15. The highest BCUT2D eigenvalue weighted by molar-refractivity contribution is 5.65. The Balaban J connectivity index is 1.90. The molecule has 0 aliphatic heterocycles. The standard InChI is InChI=1S/C29H40N2O2/c1-6-9-14-26(30-5)22-33-28-17-18-29(23(4)20-28)31-25-15-10-16-27(21-25)32-19-11-13-24(8-3)12-7-2/h6,9-10,14-18,20-21,24,31H,5,7-8,11-13,19,22H2,1-4H3/b9-6-,26-14-. The molecule has 4 nitrogen and oxygen atoms in total. The van der Waals surface area contributed by atoms with Crippen molar-refractivity contribution in [3.63, 3.8) is 0 Å². The van der Waals surface area contributed by atoms with Crippen LogP contribution in [-0.4, -0.2) is 19.9 Å². The summed E-state index contributed by atoms with van der Waals surface area (Å²) in [6.45, 7) is 13.3. The Morgan fingerprint density at radius 2 is 1.91 bits per heavy atom. The Hall–Kier alpha value is -3.01. The van der Waals surface area contributed by atoms with Crippen LogP contribution in [0.5, 0.6) is 11.5 Å². The molecule has 0 saturated heterocycles. The van der Waals surface area contributed by atoms with E-state index in [1.807, 2.05) is 55.5 Å². The van der Waals surface area contributed by atoms with E-state index in [-0.39, 0.29) is 0 Å². The first kappa shape index (κ1) is 26.2. The minimum absolute atomic E-state index is 0.386. The molecule has 33 heavy (non-hydrogen) atoms. The van der Waals surface area contributed by atoms with E-state index in [2.05, 4.69) is 49.9 Å². The number of hydrogen-bond donors (Lipinski definition) is 1. The highest BCUT2D eigenvalue weighted by Crippen LogP contribution is 2.27. The lowest BCUT2D eigenvalue weighted by atomic mass is 9.96. The average molecular weight is 449 g/mol. The molecule has 0 saturated carbocycles. The van der Waals surface area contributed by atoms with E-state index >= 15 is 0 Å². The van der Waals surface area contributed by atoms with Gasteiger partial charge in [0, 0.05) is 17.4 Å². The van der Waals surface area contributed by atoms with Crippen molar-refractivity contribution < 1.29 is 9.47 Å². The number of aryl methyl sites for hydroxylation is 1. The molecule has 1 N–H and O–H groups in total. The Morgan fingerprint density at radius 3 is 2.61 bits per heavy atom. The quantitative estimate of drug-likeness (QED) is 0.169. The number of ether oxygens (including phenoxy) is 2. The van der Waals surface area contributed by atoms with Crippen molar-refractivity contribution in [2.75, 3.05) is 18.5 Å². The monoisotopic (exact) mass is 448 g/mol. The van der Waals surface area contributed by atoms with Crippen molar-refractivity contribution in [1.82, 2.24) is 0 Å². The van der Waals surface area contributed by atoms with E-state index < -0.39 is 0 Å². The van der Waals surface area contributed by atoms with E-state index in [0.29, 0.717) is 6.61 Å². The third-order valence-corrected chi connectivity index (χ3v) is 5.68. The zero-order valence-electron chi connectivity index (χ0n) is 20.8. The molecule has 0 radical (unpaired) electrons. The molecule has 0 bridgehead atoms. The zero-order chi connectivity index (χ0) is 23.9. The fraction of sp³-hybridized carbons (Fsp3) is 0.414. The van der Waals surface area contributed by atoms with Crippen LogP contribution in [0.1, 0.15) is 58.4 Å². The smallest absolute Gasteiger partial charge is 0.130 e. The van der Waals surface area contributed by atoms with Gasteiger partial charge in [0.15, 0.2) is 0 Å². The third kappa shape index (κ3) is 9.56. The van der Waals surface area contributed by atoms with Crippen LogP contribution >= 0.6 is 0 Å². The van der Waals surface area contributed by atoms with Crippen molar-refractivity contribution >= 4 is 18.1 Å². The molecule has 0 heterocycles. The molecule has 0 fully saturated rings. The molecule has 0 spiro atoms. The predicted molar refractivity (Wildman–Crippen MR) is 142 cm³/mol. The lowest BCUT2D eigenvalue weighted by molar-refractivity contribution is 0.286. The molecular formula is C29H40N2O2. The average Bonchev–Trinajstić information content (AvgIpc) is 2.83. The summed E-state index contributed by atoms with van der Waals surface area (Å²) in [5, 5.41) is 3.49. The van der Waals surface area contributed by atoms with E-state index in [9.17, 15) is 0 Å². The summed E-state index contributed by atoms with van der Waals surface area (Å²) in [5.74, 6) is 2.53. The van der Waals surface area contributed by atoms with Crippen molar-refractivity contribution in [2.45, 2.75) is 59.8 Å². The van der Waals surface area contributed by atoms with Crippen LogP contribution in [0.15, 0.2) is 71.4 Å². The molecule has 1 atom stereocenters. The minimum atomic E-state index is 0.386. The van der Waals surface area contributed by atoms with Gasteiger partial charge in [-0.15, -0.1) is 0 Å². The fourth-order valence-corrected chi connectivity index (χ4v) is 3.72. The number of nitrogens with zero attached hydrogens (tertiary/aromatic N) is 1. The van der Waals surface area contributed by atoms with Crippen molar-refractivity contribution in [1.29, 1.82) is 0 Å². The van der Waals surface area contributed by atoms with Crippen LogP contribution in [0.4, 0.5) is 11.4 Å². The molecule has 2 rings (SSSR count). The van der Waals surface area contributed by atoms with E-state index in [1.165, 1.54) is 25.7 Å². The molecule has 1 unspecified atom stereocenters. The largest absolute Gasteiger partial charge is 0.494 e. The number of benzene rings is 2. The molecule has 2 aromatic rings. The molecule has 4 heteroatoms. The summed E-state index contributed by atoms with van der Waals surface area (Å²) in [5.41, 5.74) is 3.94. The summed E-state index contributed by atoms with van der Waals surface area (Å²) < 4.78 is 11.9. The summed E-state index contributed by atoms with van der Waals surface area (Å²) in [6, 6.07) is 14.2. The SMILES string of the molecule is C=N/C(=C\C=C/C)COc1ccc(Nc2cccc(OCCCC(CC)CCC)c2)c(C)c1.